The fourth-order valence-corrected chi connectivity index (χ4v) is 2.06. The number of Topliss-reactive ketones (excluding diaryl/α,β-unsaturated/α-hetero) is 1. The summed E-state index contributed by atoms with van der Waals surface area (Å²) in [6, 6.07) is 0. The van der Waals surface area contributed by atoms with Crippen molar-refractivity contribution in [3.8, 4) is 0 Å². The number of carbonyl (C=O) groups excluding carboxylic acids is 1. The van der Waals surface area contributed by atoms with Gasteiger partial charge in [0.05, 0.1) is 12.0 Å². The smallest absolute Gasteiger partial charge is 0.148 e. The number of ketones is 1. The summed E-state index contributed by atoms with van der Waals surface area (Å²) in [6.07, 6.45) is 13.0. The van der Waals surface area contributed by atoms with Crippen molar-refractivity contribution in [3.63, 3.8) is 0 Å². The highest BCUT2D eigenvalue weighted by molar-refractivity contribution is 5.89. The van der Waals surface area contributed by atoms with E-state index in [0.29, 0.717) is 13.0 Å². The standard InChI is InChI=1S/C14H22O2/c1-3-4-5-6-9-13(15)14(12-16-2)10-7-8-11-14/h7-8,10-11H,3-6,9,12H2,1-2H3. The molecule has 0 N–H and O–H groups in total. The van der Waals surface area contributed by atoms with Crippen LogP contribution in [0.2, 0.25) is 0 Å². The summed E-state index contributed by atoms with van der Waals surface area (Å²) in [4.78, 5) is 12.1. The molecule has 0 fully saturated rings. The van der Waals surface area contributed by atoms with Crippen LogP contribution in [0.1, 0.15) is 39.0 Å². The van der Waals surface area contributed by atoms with Gasteiger partial charge in [-0.3, -0.25) is 4.79 Å². The number of hydrogen-bond donors (Lipinski definition) is 0. The van der Waals surface area contributed by atoms with Gasteiger partial charge in [0.2, 0.25) is 0 Å². The SMILES string of the molecule is CCCCCCC(=O)C1(COC)C=CC=C1. The summed E-state index contributed by atoms with van der Waals surface area (Å²) in [6.45, 7) is 2.64. The molecular formula is C14H22O2. The largest absolute Gasteiger partial charge is 0.383 e. The fraction of sp³-hybridized carbons (Fsp3) is 0.643. The quantitative estimate of drug-likeness (QED) is 0.589. The maximum absolute atomic E-state index is 12.1. The Balaban J connectivity index is 2.43. The second-order valence-corrected chi connectivity index (χ2v) is 4.43. The van der Waals surface area contributed by atoms with Crippen LogP contribution >= 0.6 is 0 Å². The highest BCUT2D eigenvalue weighted by Crippen LogP contribution is 2.29. The molecule has 0 spiro atoms. The molecule has 0 saturated carbocycles. The molecule has 0 bridgehead atoms. The zero-order chi connectivity index (χ0) is 11.9. The molecule has 16 heavy (non-hydrogen) atoms. The molecule has 0 amide bonds. The molecule has 0 heterocycles. The minimum absolute atomic E-state index is 0.287. The van der Waals surface area contributed by atoms with Gasteiger partial charge in [0, 0.05) is 13.5 Å². The number of ether oxygens (including phenoxy) is 1. The average Bonchev–Trinajstić information content (AvgIpc) is 2.74. The molecule has 1 rings (SSSR count). The van der Waals surface area contributed by atoms with Crippen LogP contribution in [0.15, 0.2) is 24.3 Å². The second-order valence-electron chi connectivity index (χ2n) is 4.43. The van der Waals surface area contributed by atoms with Gasteiger partial charge in [0.25, 0.3) is 0 Å². The van der Waals surface area contributed by atoms with Crippen molar-refractivity contribution in [1.29, 1.82) is 0 Å². The molecule has 90 valence electrons. The minimum Gasteiger partial charge on any atom is -0.383 e. The summed E-state index contributed by atoms with van der Waals surface area (Å²) in [5.41, 5.74) is -0.471. The Hall–Kier alpha value is -0.890. The van der Waals surface area contributed by atoms with E-state index in [-0.39, 0.29) is 5.78 Å². The van der Waals surface area contributed by atoms with Gasteiger partial charge in [-0.25, -0.2) is 0 Å². The van der Waals surface area contributed by atoms with Gasteiger partial charge >= 0.3 is 0 Å². The van der Waals surface area contributed by atoms with Crippen LogP contribution in [0, 0.1) is 5.41 Å². The molecule has 1 aliphatic carbocycles. The number of carbonyl (C=O) groups is 1. The van der Waals surface area contributed by atoms with Gasteiger partial charge in [-0.05, 0) is 6.42 Å². The lowest BCUT2D eigenvalue weighted by Gasteiger charge is -2.22. The van der Waals surface area contributed by atoms with Crippen molar-refractivity contribution in [3.05, 3.63) is 24.3 Å². The van der Waals surface area contributed by atoms with Gasteiger partial charge in [0.15, 0.2) is 0 Å². The average molecular weight is 222 g/mol. The molecule has 0 saturated heterocycles. The first kappa shape index (κ1) is 13.2. The third-order valence-corrected chi connectivity index (χ3v) is 3.06. The van der Waals surface area contributed by atoms with E-state index < -0.39 is 5.41 Å². The summed E-state index contributed by atoms with van der Waals surface area (Å²) in [7, 11) is 1.64. The Morgan fingerprint density at radius 3 is 2.44 bits per heavy atom. The van der Waals surface area contributed by atoms with E-state index in [9.17, 15) is 4.79 Å². The Morgan fingerprint density at radius 2 is 1.88 bits per heavy atom. The molecule has 0 aromatic rings. The highest BCUT2D eigenvalue weighted by atomic mass is 16.5. The predicted octanol–water partition coefficient (Wildman–Crippen LogP) is 3.28. The molecule has 0 unspecified atom stereocenters. The molecular weight excluding hydrogens is 200 g/mol. The van der Waals surface area contributed by atoms with E-state index in [0.717, 1.165) is 12.8 Å². The molecule has 2 heteroatoms. The fourth-order valence-electron chi connectivity index (χ4n) is 2.06. The molecule has 0 radical (unpaired) electrons. The van der Waals surface area contributed by atoms with Crippen molar-refractivity contribution in [2.75, 3.05) is 13.7 Å². The number of unbranched alkanes of at least 4 members (excludes halogenated alkanes) is 3. The first-order chi connectivity index (χ1) is 7.75. The zero-order valence-corrected chi connectivity index (χ0v) is 10.4. The van der Waals surface area contributed by atoms with E-state index in [1.54, 1.807) is 7.11 Å². The van der Waals surface area contributed by atoms with Crippen molar-refractivity contribution < 1.29 is 9.53 Å². The maximum atomic E-state index is 12.1. The topological polar surface area (TPSA) is 26.3 Å². The predicted molar refractivity (Wildman–Crippen MR) is 66.4 cm³/mol. The van der Waals surface area contributed by atoms with Crippen molar-refractivity contribution in [1.82, 2.24) is 0 Å². The molecule has 0 atom stereocenters. The van der Waals surface area contributed by atoms with E-state index >= 15 is 0 Å². The number of hydrogen-bond acceptors (Lipinski definition) is 2. The van der Waals surface area contributed by atoms with E-state index in [4.69, 9.17) is 4.74 Å². The van der Waals surface area contributed by atoms with E-state index in [1.807, 2.05) is 24.3 Å². The Kier molecular flexibility index (Phi) is 5.47. The maximum Gasteiger partial charge on any atom is 0.148 e. The molecule has 0 aliphatic heterocycles. The first-order valence-corrected chi connectivity index (χ1v) is 6.14. The first-order valence-electron chi connectivity index (χ1n) is 6.14. The Labute approximate surface area is 98.4 Å². The van der Waals surface area contributed by atoms with Crippen molar-refractivity contribution in [2.24, 2.45) is 5.41 Å². The van der Waals surface area contributed by atoms with Crippen molar-refractivity contribution >= 4 is 5.78 Å². The lowest BCUT2D eigenvalue weighted by molar-refractivity contribution is -0.126. The molecule has 0 aromatic heterocycles. The second kappa shape index (κ2) is 6.64. The third-order valence-electron chi connectivity index (χ3n) is 3.06. The van der Waals surface area contributed by atoms with Gasteiger partial charge < -0.3 is 4.74 Å². The number of rotatable bonds is 8. The Bertz CT molecular complexity index is 264. The Morgan fingerprint density at radius 1 is 1.19 bits per heavy atom. The van der Waals surface area contributed by atoms with Crippen LogP contribution in [0.3, 0.4) is 0 Å². The van der Waals surface area contributed by atoms with Crippen LogP contribution in [0.4, 0.5) is 0 Å². The monoisotopic (exact) mass is 222 g/mol. The van der Waals surface area contributed by atoms with Crippen LogP contribution in [0.25, 0.3) is 0 Å². The zero-order valence-electron chi connectivity index (χ0n) is 10.4. The summed E-state index contributed by atoms with van der Waals surface area (Å²) in [5, 5.41) is 0. The van der Waals surface area contributed by atoms with Crippen LogP contribution < -0.4 is 0 Å². The van der Waals surface area contributed by atoms with E-state index in [2.05, 4.69) is 6.92 Å². The van der Waals surface area contributed by atoms with Gasteiger partial charge in [-0.15, -0.1) is 0 Å². The minimum atomic E-state index is -0.471. The summed E-state index contributed by atoms with van der Waals surface area (Å²) >= 11 is 0. The molecule has 2 nitrogen and oxygen atoms in total. The van der Waals surface area contributed by atoms with Crippen LogP contribution in [-0.2, 0) is 9.53 Å². The molecule has 0 aromatic carbocycles. The van der Waals surface area contributed by atoms with Crippen LogP contribution in [0.5, 0.6) is 0 Å². The third kappa shape index (κ3) is 3.31. The number of methoxy groups -OCH3 is 1. The van der Waals surface area contributed by atoms with Gasteiger partial charge in [-0.1, -0.05) is 50.5 Å². The lowest BCUT2D eigenvalue weighted by Crippen LogP contribution is -2.30. The van der Waals surface area contributed by atoms with Gasteiger partial charge in [0.1, 0.15) is 5.78 Å². The lowest BCUT2D eigenvalue weighted by atomic mass is 9.83. The highest BCUT2D eigenvalue weighted by Gasteiger charge is 2.33. The summed E-state index contributed by atoms with van der Waals surface area (Å²) < 4.78 is 5.15. The molecule has 1 aliphatic rings. The van der Waals surface area contributed by atoms with Gasteiger partial charge in [-0.2, -0.15) is 0 Å². The summed E-state index contributed by atoms with van der Waals surface area (Å²) in [5.74, 6) is 0.287. The number of allylic oxidation sites excluding steroid dienone is 2. The van der Waals surface area contributed by atoms with Crippen molar-refractivity contribution in [2.45, 2.75) is 39.0 Å². The van der Waals surface area contributed by atoms with E-state index in [1.165, 1.54) is 12.8 Å². The van der Waals surface area contributed by atoms with Crippen LogP contribution in [-0.4, -0.2) is 19.5 Å². The normalized spacial score (nSPS) is 16.9.